The maximum atomic E-state index is 14.9. The van der Waals surface area contributed by atoms with Gasteiger partial charge in [-0.25, -0.2) is 18.7 Å². The van der Waals surface area contributed by atoms with Gasteiger partial charge < -0.3 is 9.26 Å². The second-order valence-electron chi connectivity index (χ2n) is 7.19. The fourth-order valence-corrected chi connectivity index (χ4v) is 3.62. The van der Waals surface area contributed by atoms with E-state index in [0.717, 1.165) is 5.69 Å². The molecule has 30 heavy (non-hydrogen) atoms. The van der Waals surface area contributed by atoms with Gasteiger partial charge >= 0.3 is 6.09 Å². The first-order valence-electron chi connectivity index (χ1n) is 9.57. The molecule has 1 aromatic carbocycles. The molecule has 1 aliphatic rings. The van der Waals surface area contributed by atoms with E-state index in [1.807, 2.05) is 0 Å². The van der Waals surface area contributed by atoms with Gasteiger partial charge in [-0.15, -0.1) is 0 Å². The topological polar surface area (TPSA) is 85.8 Å². The number of aryl methyl sites for hydroxylation is 2. The van der Waals surface area contributed by atoms with Crippen molar-refractivity contribution in [2.45, 2.75) is 25.9 Å². The first kappa shape index (κ1) is 18.3. The third-order valence-electron chi connectivity index (χ3n) is 5.10. The summed E-state index contributed by atoms with van der Waals surface area (Å²) in [5.41, 5.74) is 3.06. The van der Waals surface area contributed by atoms with Crippen LogP contribution in [0.5, 0.6) is 0 Å². The number of aromatic nitrogens is 4. The lowest BCUT2D eigenvalue weighted by Crippen LogP contribution is -2.24. The third-order valence-corrected chi connectivity index (χ3v) is 5.10. The van der Waals surface area contributed by atoms with Gasteiger partial charge in [0.25, 0.3) is 0 Å². The third kappa shape index (κ3) is 3.38. The maximum absolute atomic E-state index is 14.9. The Bertz CT molecular complexity index is 1220. The number of cyclic esters (lactones) is 1. The van der Waals surface area contributed by atoms with Crippen LogP contribution in [-0.4, -0.2) is 38.5 Å². The molecule has 1 amide bonds. The molecule has 3 aromatic heterocycles. The summed E-state index contributed by atoms with van der Waals surface area (Å²) in [6, 6.07) is 10.1. The molecule has 0 radical (unpaired) electrons. The standard InChI is InChI=1S/C21H18FN5O3/c1-13-23-20-7-2-14(11-27(20)24-13)18-6-4-16(10-19(18)22)26-12-17(30-21(26)28)5-3-15-8-9-29-25-15/h2,4,6-11,17H,3,5,12H2,1H3/t17-/m0/s1. The zero-order valence-corrected chi connectivity index (χ0v) is 16.2. The second kappa shape index (κ2) is 7.25. The van der Waals surface area contributed by atoms with E-state index < -0.39 is 11.9 Å². The van der Waals surface area contributed by atoms with Crippen LogP contribution in [0.4, 0.5) is 14.9 Å². The fourth-order valence-electron chi connectivity index (χ4n) is 3.62. The number of benzene rings is 1. The minimum absolute atomic E-state index is 0.283. The van der Waals surface area contributed by atoms with Crippen LogP contribution in [0.1, 0.15) is 17.9 Å². The zero-order chi connectivity index (χ0) is 20.7. The number of nitrogens with zero attached hydrogens (tertiary/aromatic N) is 5. The summed E-state index contributed by atoms with van der Waals surface area (Å²) in [5, 5.41) is 8.12. The number of carbonyl (C=O) groups is 1. The van der Waals surface area contributed by atoms with E-state index in [9.17, 15) is 9.18 Å². The predicted octanol–water partition coefficient (Wildman–Crippen LogP) is 3.79. The molecule has 1 aliphatic heterocycles. The van der Waals surface area contributed by atoms with Crippen molar-refractivity contribution in [3.63, 3.8) is 0 Å². The highest BCUT2D eigenvalue weighted by Crippen LogP contribution is 2.30. The lowest BCUT2D eigenvalue weighted by Gasteiger charge is -2.14. The van der Waals surface area contributed by atoms with E-state index in [2.05, 4.69) is 15.2 Å². The molecule has 8 nitrogen and oxygen atoms in total. The summed E-state index contributed by atoms with van der Waals surface area (Å²) in [7, 11) is 0. The van der Waals surface area contributed by atoms with Crippen LogP contribution in [0.15, 0.2) is 53.4 Å². The van der Waals surface area contributed by atoms with E-state index in [1.54, 1.807) is 48.0 Å². The number of amides is 1. The van der Waals surface area contributed by atoms with Crippen LogP contribution >= 0.6 is 0 Å². The molecule has 9 heteroatoms. The molecule has 0 saturated carbocycles. The monoisotopic (exact) mass is 407 g/mol. The number of rotatable bonds is 5. The van der Waals surface area contributed by atoms with Gasteiger partial charge in [-0.2, -0.15) is 5.10 Å². The molecule has 1 fully saturated rings. The SMILES string of the molecule is Cc1nc2ccc(-c3ccc(N4C[C@H](CCc5ccon5)OC4=O)cc3F)cn2n1. The summed E-state index contributed by atoms with van der Waals surface area (Å²) < 4.78 is 26.8. The van der Waals surface area contributed by atoms with Crippen molar-refractivity contribution in [1.82, 2.24) is 19.8 Å². The molecular weight excluding hydrogens is 389 g/mol. The van der Waals surface area contributed by atoms with Crippen LogP contribution in [-0.2, 0) is 11.2 Å². The number of hydrogen-bond donors (Lipinski definition) is 0. The van der Waals surface area contributed by atoms with Crippen LogP contribution in [0.25, 0.3) is 16.8 Å². The summed E-state index contributed by atoms with van der Waals surface area (Å²) in [4.78, 5) is 18.0. The Morgan fingerprint density at radius 2 is 2.13 bits per heavy atom. The van der Waals surface area contributed by atoms with E-state index in [4.69, 9.17) is 9.26 Å². The molecule has 4 aromatic rings. The van der Waals surface area contributed by atoms with E-state index >= 15 is 0 Å². The fraction of sp³-hybridized carbons (Fsp3) is 0.238. The smallest absolute Gasteiger partial charge is 0.414 e. The van der Waals surface area contributed by atoms with Gasteiger partial charge in [-0.1, -0.05) is 5.16 Å². The number of fused-ring (bicyclic) bond motifs is 1. The maximum Gasteiger partial charge on any atom is 0.414 e. The van der Waals surface area contributed by atoms with Gasteiger partial charge in [0.2, 0.25) is 0 Å². The number of ether oxygens (including phenoxy) is 1. The molecule has 1 atom stereocenters. The molecule has 0 aliphatic carbocycles. The predicted molar refractivity (Wildman–Crippen MR) is 106 cm³/mol. The van der Waals surface area contributed by atoms with Crippen molar-refractivity contribution in [2.24, 2.45) is 0 Å². The molecule has 1 saturated heterocycles. The molecule has 5 rings (SSSR count). The first-order chi connectivity index (χ1) is 14.6. The number of hydrogen-bond acceptors (Lipinski definition) is 6. The summed E-state index contributed by atoms with van der Waals surface area (Å²) in [6.07, 6.45) is 3.74. The molecule has 0 N–H and O–H groups in total. The van der Waals surface area contributed by atoms with E-state index in [-0.39, 0.29) is 6.10 Å². The van der Waals surface area contributed by atoms with Gasteiger partial charge in [0, 0.05) is 23.4 Å². The van der Waals surface area contributed by atoms with Crippen molar-refractivity contribution in [2.75, 3.05) is 11.4 Å². The summed E-state index contributed by atoms with van der Waals surface area (Å²) >= 11 is 0. The highest BCUT2D eigenvalue weighted by atomic mass is 19.1. The van der Waals surface area contributed by atoms with Crippen molar-refractivity contribution in [1.29, 1.82) is 0 Å². The molecular formula is C21H18FN5O3. The largest absolute Gasteiger partial charge is 0.444 e. The molecule has 0 bridgehead atoms. The Morgan fingerprint density at radius 3 is 2.93 bits per heavy atom. The summed E-state index contributed by atoms with van der Waals surface area (Å²) in [5.74, 6) is 0.219. The number of halogens is 1. The normalized spacial score (nSPS) is 16.4. The minimum Gasteiger partial charge on any atom is -0.444 e. The Morgan fingerprint density at radius 1 is 1.23 bits per heavy atom. The lowest BCUT2D eigenvalue weighted by molar-refractivity contribution is 0.136. The van der Waals surface area contributed by atoms with Crippen LogP contribution < -0.4 is 4.90 Å². The van der Waals surface area contributed by atoms with Crippen molar-refractivity contribution in [3.05, 3.63) is 66.2 Å². The van der Waals surface area contributed by atoms with Crippen LogP contribution in [0.2, 0.25) is 0 Å². The Hall–Kier alpha value is -3.75. The number of pyridine rings is 1. The quantitative estimate of drug-likeness (QED) is 0.500. The van der Waals surface area contributed by atoms with Crippen molar-refractivity contribution in [3.8, 4) is 11.1 Å². The Kier molecular flexibility index (Phi) is 4.42. The van der Waals surface area contributed by atoms with Gasteiger partial charge in [0.15, 0.2) is 5.65 Å². The molecule has 0 spiro atoms. The van der Waals surface area contributed by atoms with E-state index in [1.165, 1.54) is 17.2 Å². The average Bonchev–Trinajstić information content (AvgIpc) is 3.45. The van der Waals surface area contributed by atoms with Gasteiger partial charge in [0.05, 0.1) is 17.9 Å². The van der Waals surface area contributed by atoms with Gasteiger partial charge in [-0.3, -0.25) is 4.90 Å². The summed E-state index contributed by atoms with van der Waals surface area (Å²) in [6.45, 7) is 2.16. The molecule has 4 heterocycles. The van der Waals surface area contributed by atoms with Gasteiger partial charge in [0.1, 0.15) is 24.0 Å². The van der Waals surface area contributed by atoms with Gasteiger partial charge in [-0.05, 0) is 50.1 Å². The molecule has 0 unspecified atom stereocenters. The second-order valence-corrected chi connectivity index (χ2v) is 7.19. The lowest BCUT2D eigenvalue weighted by atomic mass is 10.1. The Balaban J connectivity index is 1.34. The van der Waals surface area contributed by atoms with Crippen molar-refractivity contribution < 1.29 is 18.4 Å². The van der Waals surface area contributed by atoms with Crippen LogP contribution in [0.3, 0.4) is 0 Å². The van der Waals surface area contributed by atoms with E-state index in [0.29, 0.717) is 47.7 Å². The van der Waals surface area contributed by atoms with Crippen molar-refractivity contribution >= 4 is 17.4 Å². The number of anilines is 1. The van der Waals surface area contributed by atoms with Crippen LogP contribution in [0, 0.1) is 12.7 Å². The Labute approximate surface area is 170 Å². The average molecular weight is 407 g/mol. The first-order valence-corrected chi connectivity index (χ1v) is 9.57. The number of carbonyl (C=O) groups excluding carboxylic acids is 1. The highest BCUT2D eigenvalue weighted by Gasteiger charge is 2.32. The minimum atomic E-state index is -0.480. The zero-order valence-electron chi connectivity index (χ0n) is 16.2. The highest BCUT2D eigenvalue weighted by molar-refractivity contribution is 5.90. The molecule has 152 valence electrons.